The molecule has 0 bridgehead atoms. The highest BCUT2D eigenvalue weighted by atomic mass is 32.1. The molecule has 2 nitrogen and oxygen atoms in total. The molecule has 1 aromatic rings. The van der Waals surface area contributed by atoms with Crippen molar-refractivity contribution >= 4 is 11.3 Å². The quantitative estimate of drug-likeness (QED) is 0.667. The summed E-state index contributed by atoms with van der Waals surface area (Å²) in [6.07, 6.45) is 9.49. The van der Waals surface area contributed by atoms with Crippen LogP contribution in [-0.2, 0) is 6.42 Å². The third-order valence-corrected chi connectivity index (χ3v) is 3.55. The smallest absolute Gasteiger partial charge is 0.0940 e. The molecule has 0 fully saturated rings. The molecule has 92 valence electrons. The monoisotopic (exact) mass is 240 g/mol. The number of hydrogen-bond acceptors (Lipinski definition) is 3. The van der Waals surface area contributed by atoms with Crippen molar-refractivity contribution in [3.63, 3.8) is 0 Å². The van der Waals surface area contributed by atoms with Crippen LogP contribution in [0.25, 0.3) is 0 Å². The molecule has 1 aromatic heterocycles. The molecule has 0 aliphatic carbocycles. The Morgan fingerprint density at radius 2 is 2.19 bits per heavy atom. The van der Waals surface area contributed by atoms with Crippen LogP contribution in [0.1, 0.15) is 51.0 Å². The van der Waals surface area contributed by atoms with Crippen LogP contribution in [0.4, 0.5) is 0 Å². The van der Waals surface area contributed by atoms with Gasteiger partial charge in [-0.15, -0.1) is 11.3 Å². The van der Waals surface area contributed by atoms with Gasteiger partial charge < -0.3 is 5.32 Å². The predicted molar refractivity (Wildman–Crippen MR) is 72.0 cm³/mol. The second-order valence-corrected chi connectivity index (χ2v) is 5.26. The zero-order valence-electron chi connectivity index (χ0n) is 10.5. The van der Waals surface area contributed by atoms with Gasteiger partial charge in [0, 0.05) is 24.0 Å². The van der Waals surface area contributed by atoms with Gasteiger partial charge in [0.1, 0.15) is 0 Å². The lowest BCUT2D eigenvalue weighted by atomic mass is 10.1. The van der Waals surface area contributed by atoms with E-state index in [9.17, 15) is 0 Å². The summed E-state index contributed by atoms with van der Waals surface area (Å²) in [5.41, 5.74) is 0. The zero-order valence-corrected chi connectivity index (χ0v) is 11.4. The SMILES string of the molecule is CCCCCC(Cc1nccs1)NCCC. The van der Waals surface area contributed by atoms with Crippen LogP contribution in [0.15, 0.2) is 11.6 Å². The van der Waals surface area contributed by atoms with E-state index in [1.807, 2.05) is 6.20 Å². The highest BCUT2D eigenvalue weighted by molar-refractivity contribution is 7.09. The number of hydrogen-bond donors (Lipinski definition) is 1. The molecule has 1 heterocycles. The van der Waals surface area contributed by atoms with Crippen LogP contribution < -0.4 is 5.32 Å². The first-order chi connectivity index (χ1) is 7.86. The lowest BCUT2D eigenvalue weighted by molar-refractivity contribution is 0.456. The lowest BCUT2D eigenvalue weighted by Gasteiger charge is -2.17. The van der Waals surface area contributed by atoms with Gasteiger partial charge >= 0.3 is 0 Å². The molecule has 0 aromatic carbocycles. The predicted octanol–water partition coefficient (Wildman–Crippen LogP) is 3.63. The molecule has 16 heavy (non-hydrogen) atoms. The minimum atomic E-state index is 0.623. The fourth-order valence-electron chi connectivity index (χ4n) is 1.83. The molecule has 0 aliphatic heterocycles. The second kappa shape index (κ2) is 8.71. The largest absolute Gasteiger partial charge is 0.314 e. The molecule has 0 aliphatic rings. The average molecular weight is 240 g/mol. The summed E-state index contributed by atoms with van der Waals surface area (Å²) in [6, 6.07) is 0.623. The number of nitrogens with one attached hydrogen (secondary N) is 1. The van der Waals surface area contributed by atoms with Crippen molar-refractivity contribution in [3.8, 4) is 0 Å². The third-order valence-electron chi connectivity index (χ3n) is 2.74. The van der Waals surface area contributed by atoms with E-state index in [4.69, 9.17) is 0 Å². The summed E-state index contributed by atoms with van der Waals surface area (Å²) in [4.78, 5) is 4.37. The van der Waals surface area contributed by atoms with E-state index in [-0.39, 0.29) is 0 Å². The number of thiazole rings is 1. The van der Waals surface area contributed by atoms with E-state index >= 15 is 0 Å². The number of unbranched alkanes of at least 4 members (excludes halogenated alkanes) is 2. The Kier molecular flexibility index (Phi) is 7.43. The molecule has 1 rings (SSSR count). The molecule has 0 amide bonds. The summed E-state index contributed by atoms with van der Waals surface area (Å²) in [5, 5.41) is 6.97. The van der Waals surface area contributed by atoms with Gasteiger partial charge in [-0.1, -0.05) is 33.1 Å². The van der Waals surface area contributed by atoms with Crippen molar-refractivity contribution in [2.75, 3.05) is 6.54 Å². The van der Waals surface area contributed by atoms with Gasteiger partial charge in [0.05, 0.1) is 5.01 Å². The van der Waals surface area contributed by atoms with E-state index in [1.54, 1.807) is 11.3 Å². The topological polar surface area (TPSA) is 24.9 Å². The average Bonchev–Trinajstić information content (AvgIpc) is 2.78. The van der Waals surface area contributed by atoms with Crippen LogP contribution in [0.2, 0.25) is 0 Å². The molecule has 0 spiro atoms. The molecular formula is C13H24N2S. The van der Waals surface area contributed by atoms with Gasteiger partial charge in [0.15, 0.2) is 0 Å². The van der Waals surface area contributed by atoms with Crippen molar-refractivity contribution in [2.45, 2.75) is 58.4 Å². The second-order valence-electron chi connectivity index (χ2n) is 4.28. The van der Waals surface area contributed by atoms with Crippen LogP contribution in [0, 0.1) is 0 Å². The van der Waals surface area contributed by atoms with E-state index in [0.29, 0.717) is 6.04 Å². The lowest BCUT2D eigenvalue weighted by Crippen LogP contribution is -2.31. The van der Waals surface area contributed by atoms with Crippen molar-refractivity contribution in [2.24, 2.45) is 0 Å². The maximum Gasteiger partial charge on any atom is 0.0940 e. The summed E-state index contributed by atoms with van der Waals surface area (Å²) < 4.78 is 0. The van der Waals surface area contributed by atoms with Crippen LogP contribution in [0.3, 0.4) is 0 Å². The fourth-order valence-corrected chi connectivity index (χ4v) is 2.53. The number of rotatable bonds is 9. The van der Waals surface area contributed by atoms with Gasteiger partial charge in [-0.25, -0.2) is 4.98 Å². The highest BCUT2D eigenvalue weighted by Gasteiger charge is 2.09. The van der Waals surface area contributed by atoms with E-state index in [2.05, 4.69) is 29.5 Å². The number of aromatic nitrogens is 1. The van der Waals surface area contributed by atoms with Crippen molar-refractivity contribution in [1.29, 1.82) is 0 Å². The highest BCUT2D eigenvalue weighted by Crippen LogP contribution is 2.12. The van der Waals surface area contributed by atoms with Gasteiger partial charge in [-0.2, -0.15) is 0 Å². The van der Waals surface area contributed by atoms with Gasteiger partial charge in [0.2, 0.25) is 0 Å². The van der Waals surface area contributed by atoms with E-state index in [0.717, 1.165) is 13.0 Å². The Labute approximate surface area is 103 Å². The van der Waals surface area contributed by atoms with E-state index in [1.165, 1.54) is 37.1 Å². The Hall–Kier alpha value is -0.410. The normalized spacial score (nSPS) is 12.9. The standard InChI is InChI=1S/C13H24N2S/c1-3-5-6-7-12(14-8-4-2)11-13-15-9-10-16-13/h9-10,12,14H,3-8,11H2,1-2H3. The maximum atomic E-state index is 4.37. The molecule has 3 heteroatoms. The summed E-state index contributed by atoms with van der Waals surface area (Å²) >= 11 is 1.77. The Bertz CT molecular complexity index is 246. The van der Waals surface area contributed by atoms with Gasteiger partial charge in [-0.3, -0.25) is 0 Å². The van der Waals surface area contributed by atoms with Crippen molar-refractivity contribution in [1.82, 2.24) is 10.3 Å². The minimum absolute atomic E-state index is 0.623. The fraction of sp³-hybridized carbons (Fsp3) is 0.769. The summed E-state index contributed by atoms with van der Waals surface area (Å²) in [6.45, 7) is 5.61. The minimum Gasteiger partial charge on any atom is -0.314 e. The molecule has 1 N–H and O–H groups in total. The maximum absolute atomic E-state index is 4.37. The van der Waals surface area contributed by atoms with Gasteiger partial charge in [0.25, 0.3) is 0 Å². The Morgan fingerprint density at radius 3 is 2.81 bits per heavy atom. The van der Waals surface area contributed by atoms with Crippen LogP contribution >= 0.6 is 11.3 Å². The first kappa shape index (κ1) is 13.7. The number of nitrogens with zero attached hydrogens (tertiary/aromatic N) is 1. The molecule has 1 unspecified atom stereocenters. The van der Waals surface area contributed by atoms with Crippen molar-refractivity contribution < 1.29 is 0 Å². The Morgan fingerprint density at radius 1 is 1.31 bits per heavy atom. The molecule has 1 atom stereocenters. The Balaban J connectivity index is 2.31. The van der Waals surface area contributed by atoms with Crippen LogP contribution in [-0.4, -0.2) is 17.6 Å². The molecule has 0 saturated heterocycles. The van der Waals surface area contributed by atoms with E-state index < -0.39 is 0 Å². The molecule has 0 radical (unpaired) electrons. The summed E-state index contributed by atoms with van der Waals surface area (Å²) in [7, 11) is 0. The van der Waals surface area contributed by atoms with Crippen molar-refractivity contribution in [3.05, 3.63) is 16.6 Å². The third kappa shape index (κ3) is 5.61. The molecular weight excluding hydrogens is 216 g/mol. The summed E-state index contributed by atoms with van der Waals surface area (Å²) in [5.74, 6) is 0. The van der Waals surface area contributed by atoms with Crippen LogP contribution in [0.5, 0.6) is 0 Å². The molecule has 0 saturated carbocycles. The first-order valence-electron chi connectivity index (χ1n) is 6.48. The zero-order chi connectivity index (χ0) is 11.6. The van der Waals surface area contributed by atoms with Gasteiger partial charge in [-0.05, 0) is 19.4 Å². The first-order valence-corrected chi connectivity index (χ1v) is 7.36.